The standard InChI is InChI=1S/C16H15F2N3O3/c1-8-11(9(2)24-20-8)7-21-14(22)16(3,19-15(21)23)10-4-5-12(17)13(18)6-10/h4-6H,7H2,1-3H3,(H,19,23)/t16-/m1/s1. The molecule has 1 atom stereocenters. The van der Waals surface area contributed by atoms with Crippen LogP contribution in [0.5, 0.6) is 0 Å². The van der Waals surface area contributed by atoms with Gasteiger partial charge in [-0.2, -0.15) is 0 Å². The molecule has 1 aliphatic rings. The van der Waals surface area contributed by atoms with Gasteiger partial charge in [-0.3, -0.25) is 9.69 Å². The minimum absolute atomic E-state index is 0.00883. The van der Waals surface area contributed by atoms with Crippen molar-refractivity contribution in [3.05, 3.63) is 52.4 Å². The SMILES string of the molecule is Cc1noc(C)c1CN1C(=O)N[C@](C)(c2ccc(F)c(F)c2)C1=O. The Morgan fingerprint density at radius 3 is 2.54 bits per heavy atom. The average Bonchev–Trinajstić information content (AvgIpc) is 2.95. The number of nitrogens with zero attached hydrogens (tertiary/aromatic N) is 2. The fraction of sp³-hybridized carbons (Fsp3) is 0.312. The molecule has 2 heterocycles. The Morgan fingerprint density at radius 1 is 1.25 bits per heavy atom. The summed E-state index contributed by atoms with van der Waals surface area (Å²) in [6.07, 6.45) is 0. The van der Waals surface area contributed by atoms with Crippen LogP contribution in [0.3, 0.4) is 0 Å². The summed E-state index contributed by atoms with van der Waals surface area (Å²) < 4.78 is 31.7. The topological polar surface area (TPSA) is 75.4 Å². The summed E-state index contributed by atoms with van der Waals surface area (Å²) in [7, 11) is 0. The van der Waals surface area contributed by atoms with E-state index in [1.807, 2.05) is 0 Å². The van der Waals surface area contributed by atoms with Crippen LogP contribution >= 0.6 is 0 Å². The number of halogens is 2. The van der Waals surface area contributed by atoms with Gasteiger partial charge in [-0.1, -0.05) is 11.2 Å². The van der Waals surface area contributed by atoms with E-state index in [9.17, 15) is 18.4 Å². The van der Waals surface area contributed by atoms with Crippen molar-refractivity contribution in [2.75, 3.05) is 0 Å². The Morgan fingerprint density at radius 2 is 1.96 bits per heavy atom. The van der Waals surface area contributed by atoms with Crippen LogP contribution in [0.25, 0.3) is 0 Å². The average molecular weight is 335 g/mol. The number of amides is 3. The summed E-state index contributed by atoms with van der Waals surface area (Å²) in [4.78, 5) is 26.0. The van der Waals surface area contributed by atoms with E-state index >= 15 is 0 Å². The fourth-order valence-electron chi connectivity index (χ4n) is 2.73. The highest BCUT2D eigenvalue weighted by Gasteiger charge is 2.49. The minimum Gasteiger partial charge on any atom is -0.361 e. The lowest BCUT2D eigenvalue weighted by atomic mass is 9.92. The second kappa shape index (κ2) is 5.40. The third kappa shape index (κ3) is 2.34. The molecule has 2 aromatic rings. The molecular formula is C16H15F2N3O3. The molecule has 1 saturated heterocycles. The van der Waals surface area contributed by atoms with Gasteiger partial charge in [0.1, 0.15) is 11.3 Å². The lowest BCUT2D eigenvalue weighted by Gasteiger charge is -2.22. The summed E-state index contributed by atoms with van der Waals surface area (Å²) in [5.41, 5.74) is -0.0893. The van der Waals surface area contributed by atoms with Crippen LogP contribution in [0.1, 0.15) is 29.5 Å². The molecule has 0 bridgehead atoms. The van der Waals surface area contributed by atoms with Crippen LogP contribution in [0, 0.1) is 25.5 Å². The molecule has 24 heavy (non-hydrogen) atoms. The van der Waals surface area contributed by atoms with Gasteiger partial charge in [0, 0.05) is 5.56 Å². The van der Waals surface area contributed by atoms with Gasteiger partial charge in [0.15, 0.2) is 11.6 Å². The number of urea groups is 1. The van der Waals surface area contributed by atoms with Gasteiger partial charge in [-0.15, -0.1) is 0 Å². The zero-order valence-electron chi connectivity index (χ0n) is 13.3. The molecule has 0 saturated carbocycles. The van der Waals surface area contributed by atoms with Crippen LogP contribution in [0.15, 0.2) is 22.7 Å². The van der Waals surface area contributed by atoms with Crippen LogP contribution < -0.4 is 5.32 Å². The first kappa shape index (κ1) is 16.1. The third-order valence-corrected chi connectivity index (χ3v) is 4.27. The van der Waals surface area contributed by atoms with E-state index < -0.39 is 29.1 Å². The normalized spacial score (nSPS) is 20.6. The van der Waals surface area contributed by atoms with Crippen molar-refractivity contribution in [3.63, 3.8) is 0 Å². The summed E-state index contributed by atoms with van der Waals surface area (Å²) in [6, 6.07) is 2.49. The molecule has 6 nitrogen and oxygen atoms in total. The van der Waals surface area contributed by atoms with Crippen LogP contribution in [-0.2, 0) is 16.9 Å². The molecule has 1 aromatic carbocycles. The van der Waals surface area contributed by atoms with Gasteiger partial charge in [0.2, 0.25) is 0 Å². The lowest BCUT2D eigenvalue weighted by molar-refractivity contribution is -0.131. The van der Waals surface area contributed by atoms with Crippen molar-refractivity contribution in [1.29, 1.82) is 0 Å². The number of imide groups is 1. The zero-order chi connectivity index (χ0) is 17.6. The highest BCUT2D eigenvalue weighted by molar-refractivity contribution is 6.07. The second-order valence-electron chi connectivity index (χ2n) is 5.88. The van der Waals surface area contributed by atoms with Crippen molar-refractivity contribution in [1.82, 2.24) is 15.4 Å². The van der Waals surface area contributed by atoms with E-state index in [1.54, 1.807) is 13.8 Å². The Balaban J connectivity index is 1.94. The van der Waals surface area contributed by atoms with Gasteiger partial charge in [0.05, 0.1) is 12.2 Å². The number of aryl methyl sites for hydroxylation is 2. The molecule has 0 spiro atoms. The highest BCUT2D eigenvalue weighted by Crippen LogP contribution is 2.31. The van der Waals surface area contributed by atoms with Gasteiger partial charge in [0.25, 0.3) is 5.91 Å². The molecule has 1 fully saturated rings. The van der Waals surface area contributed by atoms with Crippen molar-refractivity contribution in [3.8, 4) is 0 Å². The maximum atomic E-state index is 13.5. The first-order valence-electron chi connectivity index (χ1n) is 7.25. The van der Waals surface area contributed by atoms with E-state index in [4.69, 9.17) is 4.52 Å². The Kier molecular flexibility index (Phi) is 3.62. The predicted octanol–water partition coefficient (Wildman–Crippen LogP) is 2.54. The number of aromatic nitrogens is 1. The zero-order valence-corrected chi connectivity index (χ0v) is 13.3. The smallest absolute Gasteiger partial charge is 0.325 e. The summed E-state index contributed by atoms with van der Waals surface area (Å²) >= 11 is 0. The number of benzene rings is 1. The number of nitrogens with one attached hydrogen (secondary N) is 1. The van der Waals surface area contributed by atoms with Gasteiger partial charge < -0.3 is 9.84 Å². The summed E-state index contributed by atoms with van der Waals surface area (Å²) in [5.74, 6) is -2.15. The highest BCUT2D eigenvalue weighted by atomic mass is 19.2. The van der Waals surface area contributed by atoms with Crippen LogP contribution in [0.4, 0.5) is 13.6 Å². The van der Waals surface area contributed by atoms with E-state index in [1.165, 1.54) is 13.0 Å². The Labute approximate surface area is 136 Å². The van der Waals surface area contributed by atoms with Gasteiger partial charge in [-0.25, -0.2) is 13.6 Å². The van der Waals surface area contributed by atoms with Crippen molar-refractivity contribution in [2.24, 2.45) is 0 Å². The van der Waals surface area contributed by atoms with Crippen LogP contribution in [-0.4, -0.2) is 22.0 Å². The van der Waals surface area contributed by atoms with Gasteiger partial charge >= 0.3 is 6.03 Å². The summed E-state index contributed by atoms with van der Waals surface area (Å²) in [5, 5.41) is 6.33. The fourth-order valence-corrected chi connectivity index (χ4v) is 2.73. The molecule has 8 heteroatoms. The van der Waals surface area contributed by atoms with Crippen LogP contribution in [0.2, 0.25) is 0 Å². The molecule has 3 rings (SSSR count). The first-order valence-corrected chi connectivity index (χ1v) is 7.25. The van der Waals surface area contributed by atoms with Crippen molar-refractivity contribution >= 4 is 11.9 Å². The third-order valence-electron chi connectivity index (χ3n) is 4.27. The van der Waals surface area contributed by atoms with E-state index in [2.05, 4.69) is 10.5 Å². The maximum absolute atomic E-state index is 13.5. The number of hydrogen-bond donors (Lipinski definition) is 1. The largest absolute Gasteiger partial charge is 0.361 e. The molecule has 0 aliphatic carbocycles. The van der Waals surface area contributed by atoms with E-state index in [-0.39, 0.29) is 12.1 Å². The minimum atomic E-state index is -1.47. The molecule has 1 aromatic heterocycles. The number of rotatable bonds is 3. The second-order valence-corrected chi connectivity index (χ2v) is 5.88. The molecule has 1 aliphatic heterocycles. The number of carbonyl (C=O) groups excluding carboxylic acids is 2. The Hall–Kier alpha value is -2.77. The molecular weight excluding hydrogens is 320 g/mol. The summed E-state index contributed by atoms with van der Waals surface area (Å²) in [6.45, 7) is 4.83. The predicted molar refractivity (Wildman–Crippen MR) is 78.8 cm³/mol. The quantitative estimate of drug-likeness (QED) is 0.875. The molecule has 3 amide bonds. The first-order chi connectivity index (χ1) is 11.2. The molecule has 126 valence electrons. The number of hydrogen-bond acceptors (Lipinski definition) is 4. The lowest BCUT2D eigenvalue weighted by Crippen LogP contribution is -2.41. The Bertz CT molecular complexity index is 830. The molecule has 1 N–H and O–H groups in total. The van der Waals surface area contributed by atoms with E-state index in [0.29, 0.717) is 17.0 Å². The number of carbonyl (C=O) groups is 2. The van der Waals surface area contributed by atoms with E-state index in [0.717, 1.165) is 17.0 Å². The monoisotopic (exact) mass is 335 g/mol. The molecule has 0 radical (unpaired) electrons. The molecule has 0 unspecified atom stereocenters. The van der Waals surface area contributed by atoms with Crippen molar-refractivity contribution < 1.29 is 22.9 Å². The van der Waals surface area contributed by atoms with Gasteiger partial charge in [-0.05, 0) is 38.5 Å². The maximum Gasteiger partial charge on any atom is 0.325 e. The van der Waals surface area contributed by atoms with Crippen molar-refractivity contribution in [2.45, 2.75) is 32.9 Å².